The van der Waals surface area contributed by atoms with Gasteiger partial charge in [-0.25, -0.2) is 8.93 Å². The first-order valence-electron chi connectivity index (χ1n) is 5.59. The Labute approximate surface area is 113 Å². The minimum Gasteiger partial charge on any atom is -0.363 e. The lowest BCUT2D eigenvalue weighted by Crippen LogP contribution is -2.47. The summed E-state index contributed by atoms with van der Waals surface area (Å²) >= 11 is 0. The van der Waals surface area contributed by atoms with Crippen molar-refractivity contribution in [3.05, 3.63) is 0 Å². The first-order valence-corrected chi connectivity index (χ1v) is 6.74. The molecule has 19 heavy (non-hydrogen) atoms. The van der Waals surface area contributed by atoms with Gasteiger partial charge in [0, 0.05) is 0 Å². The van der Waals surface area contributed by atoms with Gasteiger partial charge in [0.05, 0.1) is 28.4 Å². The van der Waals surface area contributed by atoms with Gasteiger partial charge in [0.1, 0.15) is 6.04 Å². The van der Waals surface area contributed by atoms with Crippen molar-refractivity contribution in [2.24, 2.45) is 0 Å². The predicted molar refractivity (Wildman–Crippen MR) is 66.5 cm³/mol. The van der Waals surface area contributed by atoms with E-state index in [4.69, 9.17) is 10.00 Å². The Balaban J connectivity index is 4.55. The van der Waals surface area contributed by atoms with Crippen LogP contribution >= 0.6 is 0 Å². The van der Waals surface area contributed by atoms with Gasteiger partial charge in [-0.15, -0.1) is 0 Å². The molecule has 0 bridgehead atoms. The first kappa shape index (κ1) is 18.4. The van der Waals surface area contributed by atoms with Crippen molar-refractivity contribution >= 4 is 11.0 Å². The molecule has 0 radical (unpaired) electrons. The Morgan fingerprint density at radius 2 is 1.74 bits per heavy atom. The van der Waals surface area contributed by atoms with Crippen LogP contribution in [0.5, 0.6) is 0 Å². The highest BCUT2D eigenvalue weighted by atomic mass is 32.2. The number of nitriles is 1. The van der Waals surface area contributed by atoms with Gasteiger partial charge in [-0.1, -0.05) is 0 Å². The Hall–Kier alpha value is -0.650. The maximum Gasteiger partial charge on any atom is 0.416 e. The normalized spacial score (nSPS) is 16.8. The van der Waals surface area contributed by atoms with Gasteiger partial charge in [0.15, 0.2) is 5.60 Å². The summed E-state index contributed by atoms with van der Waals surface area (Å²) in [5, 5.41) is 8.83. The summed E-state index contributed by atoms with van der Waals surface area (Å²) in [5.41, 5.74) is -2.35. The van der Waals surface area contributed by atoms with Crippen LogP contribution in [0.1, 0.15) is 34.6 Å². The summed E-state index contributed by atoms with van der Waals surface area (Å²) in [5.74, 6) is 0. The molecule has 1 unspecified atom stereocenters. The molecular weight excluding hydrogens is 281 g/mol. The van der Waals surface area contributed by atoms with E-state index in [0.29, 0.717) is 0 Å². The smallest absolute Gasteiger partial charge is 0.363 e. The predicted octanol–water partition coefficient (Wildman–Crippen LogP) is 2.29. The average molecular weight is 300 g/mol. The molecule has 0 saturated carbocycles. The quantitative estimate of drug-likeness (QED) is 0.847. The van der Waals surface area contributed by atoms with E-state index in [9.17, 15) is 17.4 Å². The summed E-state index contributed by atoms with van der Waals surface area (Å²) in [6, 6.07) is 0.665. The van der Waals surface area contributed by atoms with Gasteiger partial charge >= 0.3 is 6.18 Å². The van der Waals surface area contributed by atoms with Crippen LogP contribution in [-0.4, -0.2) is 33.4 Å². The molecule has 2 atom stereocenters. The Bertz CT molecular complexity index is 370. The molecule has 0 amide bonds. The van der Waals surface area contributed by atoms with Crippen molar-refractivity contribution in [1.29, 1.82) is 5.26 Å². The number of alkyl halides is 3. The molecule has 0 aliphatic heterocycles. The van der Waals surface area contributed by atoms with E-state index in [2.05, 4.69) is 4.72 Å². The molecule has 0 aromatic carbocycles. The van der Waals surface area contributed by atoms with Crippen LogP contribution < -0.4 is 4.72 Å². The average Bonchev–Trinajstić information content (AvgIpc) is 2.20. The summed E-state index contributed by atoms with van der Waals surface area (Å²) in [6.45, 7) is 6.32. The number of hydrogen-bond donors (Lipinski definition) is 1. The Morgan fingerprint density at radius 1 is 1.26 bits per heavy atom. The number of nitrogens with zero attached hydrogens (tertiary/aromatic N) is 1. The second kappa shape index (κ2) is 6.20. The first-order chi connectivity index (χ1) is 8.31. The Kier molecular flexibility index (Phi) is 5.99. The fraction of sp³-hybridized carbons (Fsp3) is 0.909. The molecule has 0 fully saturated rings. The van der Waals surface area contributed by atoms with E-state index in [1.165, 1.54) is 0 Å². The van der Waals surface area contributed by atoms with Gasteiger partial charge in [0.25, 0.3) is 0 Å². The topological polar surface area (TPSA) is 62.1 Å². The molecule has 0 heterocycles. The third-order valence-corrected chi connectivity index (χ3v) is 3.87. The fourth-order valence-corrected chi connectivity index (χ4v) is 1.51. The van der Waals surface area contributed by atoms with Gasteiger partial charge in [-0.05, 0) is 34.6 Å². The lowest BCUT2D eigenvalue weighted by Gasteiger charge is -2.29. The van der Waals surface area contributed by atoms with E-state index in [1.807, 2.05) is 0 Å². The highest BCUT2D eigenvalue weighted by molar-refractivity contribution is 7.84. The molecule has 0 saturated heterocycles. The van der Waals surface area contributed by atoms with Gasteiger partial charge in [-0.3, -0.25) is 0 Å². The molecule has 0 aromatic heterocycles. The number of rotatable bonds is 5. The number of ether oxygens (including phenoxy) is 1. The highest BCUT2D eigenvalue weighted by Crippen LogP contribution is 2.32. The molecule has 4 nitrogen and oxygen atoms in total. The summed E-state index contributed by atoms with van der Waals surface area (Å²) in [7, 11) is -1.55. The highest BCUT2D eigenvalue weighted by Gasteiger charge is 2.48. The van der Waals surface area contributed by atoms with E-state index in [-0.39, 0.29) is 0 Å². The fourth-order valence-electron chi connectivity index (χ4n) is 0.777. The van der Waals surface area contributed by atoms with Gasteiger partial charge < -0.3 is 4.74 Å². The van der Waals surface area contributed by atoms with Crippen LogP contribution in [0.15, 0.2) is 0 Å². The summed E-state index contributed by atoms with van der Waals surface area (Å²) in [6.07, 6.45) is -4.53. The maximum atomic E-state index is 12.6. The van der Waals surface area contributed by atoms with Crippen LogP contribution in [0.25, 0.3) is 0 Å². The van der Waals surface area contributed by atoms with Crippen LogP contribution in [0, 0.1) is 11.3 Å². The van der Waals surface area contributed by atoms with Gasteiger partial charge in [0.2, 0.25) is 0 Å². The zero-order valence-electron chi connectivity index (χ0n) is 11.6. The van der Waals surface area contributed by atoms with Crippen molar-refractivity contribution in [3.8, 4) is 6.07 Å². The Morgan fingerprint density at radius 3 is 2.05 bits per heavy atom. The molecule has 0 aliphatic carbocycles. The molecule has 0 spiro atoms. The maximum absolute atomic E-state index is 12.6. The molecule has 0 aliphatic rings. The number of hydrogen-bond acceptors (Lipinski definition) is 3. The van der Waals surface area contributed by atoms with Crippen molar-refractivity contribution in [3.63, 3.8) is 0 Å². The molecule has 0 rings (SSSR count). The monoisotopic (exact) mass is 300 g/mol. The second-order valence-corrected chi connectivity index (χ2v) is 7.50. The van der Waals surface area contributed by atoms with Crippen LogP contribution in [-0.2, 0) is 15.7 Å². The molecule has 1 N–H and O–H groups in total. The van der Waals surface area contributed by atoms with Crippen molar-refractivity contribution < 1.29 is 22.1 Å². The third kappa shape index (κ3) is 5.89. The third-order valence-electron chi connectivity index (χ3n) is 2.25. The molecule has 8 heteroatoms. The second-order valence-electron chi connectivity index (χ2n) is 5.50. The summed E-state index contributed by atoms with van der Waals surface area (Å²) < 4.78 is 55.9. The minimum absolute atomic E-state index is 0.495. The van der Waals surface area contributed by atoms with E-state index in [1.54, 1.807) is 26.8 Å². The van der Waals surface area contributed by atoms with Crippen molar-refractivity contribution in [2.75, 3.05) is 6.61 Å². The number of halogens is 3. The molecular formula is C11H19F3N2O2S. The van der Waals surface area contributed by atoms with Crippen molar-refractivity contribution in [1.82, 2.24) is 4.72 Å². The largest absolute Gasteiger partial charge is 0.416 e. The lowest BCUT2D eigenvalue weighted by atomic mass is 10.1. The van der Waals surface area contributed by atoms with Crippen LogP contribution in [0.4, 0.5) is 13.2 Å². The summed E-state index contributed by atoms with van der Waals surface area (Å²) in [4.78, 5) is 0. The zero-order valence-corrected chi connectivity index (χ0v) is 12.4. The molecule has 112 valence electrons. The minimum atomic E-state index is -4.53. The van der Waals surface area contributed by atoms with Crippen LogP contribution in [0.2, 0.25) is 0 Å². The van der Waals surface area contributed by atoms with Crippen LogP contribution in [0.3, 0.4) is 0 Å². The van der Waals surface area contributed by atoms with E-state index < -0.39 is 40.2 Å². The lowest BCUT2D eigenvalue weighted by molar-refractivity contribution is -0.263. The van der Waals surface area contributed by atoms with Gasteiger partial charge in [-0.2, -0.15) is 18.4 Å². The van der Waals surface area contributed by atoms with Crippen molar-refractivity contribution in [2.45, 2.75) is 57.2 Å². The SMILES string of the molecule is CC(C)(C)S(=O)N[C@@H](C#N)COC(C)(C)C(F)(F)F. The van der Waals surface area contributed by atoms with E-state index in [0.717, 1.165) is 13.8 Å². The number of nitrogens with one attached hydrogen (secondary N) is 1. The van der Waals surface area contributed by atoms with E-state index >= 15 is 0 Å². The molecule has 0 aromatic rings. The standard InChI is InChI=1S/C11H19F3N2O2S/c1-9(2,3)19(17)16-8(6-15)7-18-10(4,5)11(12,13)14/h8,16H,7H2,1-5H3/t8-,19?/m0/s1. The zero-order chi connectivity index (χ0) is 15.5.